The van der Waals surface area contributed by atoms with Crippen LogP contribution < -0.4 is 0 Å². The molecule has 0 aliphatic heterocycles. The van der Waals surface area contributed by atoms with Gasteiger partial charge < -0.3 is 20.4 Å². The molecule has 0 saturated heterocycles. The summed E-state index contributed by atoms with van der Waals surface area (Å²) >= 11 is 0. The van der Waals surface area contributed by atoms with Gasteiger partial charge in [0.25, 0.3) is 0 Å². The molecule has 21 heavy (non-hydrogen) atoms. The molecule has 0 amide bonds. The van der Waals surface area contributed by atoms with E-state index >= 15 is 0 Å². The summed E-state index contributed by atoms with van der Waals surface area (Å²) in [4.78, 5) is 0. The van der Waals surface area contributed by atoms with Crippen LogP contribution in [0.2, 0.25) is 0 Å². The van der Waals surface area contributed by atoms with E-state index in [2.05, 4.69) is 26.3 Å². The molecule has 0 aromatic rings. The van der Waals surface area contributed by atoms with Gasteiger partial charge in [-0.05, 0) is 27.7 Å². The van der Waals surface area contributed by atoms with E-state index in [4.69, 9.17) is 20.4 Å². The second-order valence-corrected chi connectivity index (χ2v) is 4.66. The number of hydrogen-bond acceptors (Lipinski definition) is 4. The average molecular weight is 380 g/mol. The minimum Gasteiger partial charge on any atom is -0.392 e. The summed E-state index contributed by atoms with van der Waals surface area (Å²) in [6, 6.07) is 0. The van der Waals surface area contributed by atoms with E-state index < -0.39 is 11.2 Å². The Morgan fingerprint density at radius 3 is 0.810 bits per heavy atom. The minimum atomic E-state index is -0.694. The first-order valence-corrected chi connectivity index (χ1v) is 6.11. The van der Waals surface area contributed by atoms with Gasteiger partial charge in [-0.25, -0.2) is 0 Å². The maximum atomic E-state index is 8.71. The van der Waals surface area contributed by atoms with Crippen LogP contribution in [0.5, 0.6) is 0 Å². The van der Waals surface area contributed by atoms with Crippen LogP contribution in [0.1, 0.15) is 27.7 Å². The molecule has 0 aliphatic carbocycles. The van der Waals surface area contributed by atoms with Gasteiger partial charge in [0, 0.05) is 26.2 Å². The van der Waals surface area contributed by atoms with Crippen molar-refractivity contribution in [3.63, 3.8) is 0 Å². The Morgan fingerprint density at radius 2 is 0.810 bits per heavy atom. The van der Waals surface area contributed by atoms with E-state index in [-0.39, 0.29) is 39.4 Å². The molecule has 0 heterocycles. The van der Waals surface area contributed by atoms with Crippen molar-refractivity contribution in [2.24, 2.45) is 0 Å². The fourth-order valence-corrected chi connectivity index (χ4v) is 0. The Hall–Kier alpha value is -0.317. The van der Waals surface area contributed by atoms with Crippen molar-refractivity contribution in [2.75, 3.05) is 13.2 Å². The van der Waals surface area contributed by atoms with Crippen LogP contribution in [-0.4, -0.2) is 44.8 Å². The van der Waals surface area contributed by atoms with Crippen LogP contribution in [-0.2, 0) is 26.2 Å². The Balaban J connectivity index is -0.0000000544. The van der Waals surface area contributed by atoms with Gasteiger partial charge in [0.1, 0.15) is 0 Å². The van der Waals surface area contributed by atoms with Gasteiger partial charge in [-0.1, -0.05) is 24.3 Å². The Bertz CT molecular complexity index is 212. The SMILES string of the molecule is C=CC(C)(C)O.C=CC(C)(C)O.C=CCO.C=CCO.[Zr]. The van der Waals surface area contributed by atoms with Crippen molar-refractivity contribution in [1.29, 1.82) is 0 Å². The molecule has 4 N–H and O–H groups in total. The Kier molecular flexibility index (Phi) is 34.1. The van der Waals surface area contributed by atoms with Gasteiger partial charge in [-0.2, -0.15) is 0 Å². The van der Waals surface area contributed by atoms with Crippen LogP contribution in [0.15, 0.2) is 50.6 Å². The second kappa shape index (κ2) is 22.0. The molecule has 0 spiro atoms. The third kappa shape index (κ3) is 104. The zero-order valence-corrected chi connectivity index (χ0v) is 16.3. The topological polar surface area (TPSA) is 80.9 Å². The maximum Gasteiger partial charge on any atom is 0.0769 e. The summed E-state index contributed by atoms with van der Waals surface area (Å²) in [6.07, 6.45) is 5.85. The molecule has 0 bridgehead atoms. The molecule has 0 saturated carbocycles. The van der Waals surface area contributed by atoms with Crippen molar-refractivity contribution < 1.29 is 46.6 Å². The summed E-state index contributed by atoms with van der Waals surface area (Å²) in [5.41, 5.74) is -1.39. The molecule has 0 aliphatic rings. The fourth-order valence-electron chi connectivity index (χ4n) is 0. The molecule has 0 fully saturated rings. The normalized spacial score (nSPS) is 8.76. The standard InChI is InChI=1S/2C5H10O.2C3H6O.Zr/c2*1-4-5(2,3)6;2*1-2-3-4;/h2*4,6H,1H2,2-3H3;2*2,4H,1,3H2;. The molecule has 5 heteroatoms. The quantitative estimate of drug-likeness (QED) is 0.565. The van der Waals surface area contributed by atoms with Crippen LogP contribution >= 0.6 is 0 Å². The first kappa shape index (κ1) is 32.6. The molecular formula is C16H32O4Zr. The molecule has 0 atom stereocenters. The van der Waals surface area contributed by atoms with Crippen molar-refractivity contribution in [1.82, 2.24) is 0 Å². The molecule has 124 valence electrons. The first-order chi connectivity index (χ1) is 8.95. The maximum absolute atomic E-state index is 8.71. The van der Waals surface area contributed by atoms with E-state index in [1.807, 2.05) is 0 Å². The Labute approximate surface area is 149 Å². The van der Waals surface area contributed by atoms with Crippen molar-refractivity contribution in [2.45, 2.75) is 38.9 Å². The largest absolute Gasteiger partial charge is 0.392 e. The third-order valence-electron chi connectivity index (χ3n) is 1.26. The number of rotatable bonds is 4. The third-order valence-corrected chi connectivity index (χ3v) is 1.26. The predicted molar refractivity (Wildman–Crippen MR) is 87.6 cm³/mol. The van der Waals surface area contributed by atoms with E-state index in [1.165, 1.54) is 24.3 Å². The van der Waals surface area contributed by atoms with E-state index in [9.17, 15) is 0 Å². The molecule has 0 unspecified atom stereocenters. The number of aliphatic hydroxyl groups excluding tert-OH is 2. The summed E-state index contributed by atoms with van der Waals surface area (Å²) in [5, 5.41) is 32.9. The van der Waals surface area contributed by atoms with E-state index in [0.717, 1.165) is 0 Å². The van der Waals surface area contributed by atoms with Crippen LogP contribution in [0.4, 0.5) is 0 Å². The van der Waals surface area contributed by atoms with Gasteiger partial charge in [0.15, 0.2) is 0 Å². The molecule has 4 nitrogen and oxygen atoms in total. The van der Waals surface area contributed by atoms with Gasteiger partial charge in [-0.3, -0.25) is 0 Å². The smallest absolute Gasteiger partial charge is 0.0769 e. The fraction of sp³-hybridized carbons (Fsp3) is 0.500. The monoisotopic (exact) mass is 378 g/mol. The summed E-state index contributed by atoms with van der Waals surface area (Å²) < 4.78 is 0. The van der Waals surface area contributed by atoms with Crippen LogP contribution in [0, 0.1) is 0 Å². The van der Waals surface area contributed by atoms with Gasteiger partial charge in [-0.15, -0.1) is 26.3 Å². The zero-order chi connectivity index (χ0) is 17.2. The molecular weight excluding hydrogens is 347 g/mol. The zero-order valence-electron chi connectivity index (χ0n) is 13.8. The van der Waals surface area contributed by atoms with Crippen molar-refractivity contribution in [3.05, 3.63) is 50.6 Å². The average Bonchev–Trinajstić information content (AvgIpc) is 2.38. The molecule has 0 rings (SSSR count). The van der Waals surface area contributed by atoms with Gasteiger partial charge in [0.2, 0.25) is 0 Å². The molecule has 0 aromatic carbocycles. The second-order valence-electron chi connectivity index (χ2n) is 4.66. The minimum absolute atomic E-state index is 0. The van der Waals surface area contributed by atoms with Crippen molar-refractivity contribution >= 4 is 0 Å². The van der Waals surface area contributed by atoms with E-state index in [1.54, 1.807) is 27.7 Å². The molecule has 0 radical (unpaired) electrons. The molecule has 0 aromatic heterocycles. The predicted octanol–water partition coefficient (Wildman–Crippen LogP) is 2.21. The summed E-state index contributed by atoms with van der Waals surface area (Å²) in [5.74, 6) is 0. The first-order valence-electron chi connectivity index (χ1n) is 6.11. The van der Waals surface area contributed by atoms with Crippen LogP contribution in [0.25, 0.3) is 0 Å². The summed E-state index contributed by atoms with van der Waals surface area (Å²) in [7, 11) is 0. The number of hydrogen-bond donors (Lipinski definition) is 4. The van der Waals surface area contributed by atoms with Gasteiger partial charge in [0.05, 0.1) is 24.4 Å². The number of aliphatic hydroxyl groups is 4. The van der Waals surface area contributed by atoms with Crippen molar-refractivity contribution in [3.8, 4) is 0 Å². The van der Waals surface area contributed by atoms with E-state index in [0.29, 0.717) is 0 Å². The van der Waals surface area contributed by atoms with Crippen LogP contribution in [0.3, 0.4) is 0 Å². The summed E-state index contributed by atoms with van der Waals surface area (Å²) in [6.45, 7) is 20.1. The Morgan fingerprint density at radius 1 is 0.714 bits per heavy atom. The van der Waals surface area contributed by atoms with Gasteiger partial charge >= 0.3 is 0 Å².